The molecule has 0 spiro atoms. The number of anilines is 1. The van der Waals surface area contributed by atoms with Gasteiger partial charge in [0.05, 0.1) is 17.4 Å². The summed E-state index contributed by atoms with van der Waals surface area (Å²) in [4.78, 5) is 15.2. The van der Waals surface area contributed by atoms with E-state index in [0.717, 1.165) is 28.4 Å². The molecule has 0 amide bonds. The van der Waals surface area contributed by atoms with E-state index < -0.39 is 5.97 Å². The molecule has 2 aliphatic rings. The third kappa shape index (κ3) is 2.39. The molecule has 130 valence electrons. The molecule has 26 heavy (non-hydrogen) atoms. The Hall–Kier alpha value is -2.50. The van der Waals surface area contributed by atoms with Crippen molar-refractivity contribution in [2.75, 3.05) is 11.4 Å². The van der Waals surface area contributed by atoms with Crippen LogP contribution >= 0.6 is 11.9 Å². The molecule has 3 aromatic carbocycles. The first-order valence-electron chi connectivity index (χ1n) is 8.81. The molecule has 1 unspecified atom stereocenters. The Morgan fingerprint density at radius 3 is 2.81 bits per heavy atom. The lowest BCUT2D eigenvalue weighted by Gasteiger charge is -2.33. The number of carboxylic acid groups (broad SMARTS) is 1. The van der Waals surface area contributed by atoms with E-state index in [1.54, 1.807) is 18.0 Å². The fourth-order valence-corrected chi connectivity index (χ4v) is 5.03. The first-order chi connectivity index (χ1) is 12.7. The van der Waals surface area contributed by atoms with Crippen molar-refractivity contribution in [1.82, 2.24) is 4.72 Å². The zero-order valence-corrected chi connectivity index (χ0v) is 14.9. The zero-order valence-electron chi connectivity index (χ0n) is 14.1. The van der Waals surface area contributed by atoms with Crippen LogP contribution in [0.3, 0.4) is 0 Å². The zero-order chi connectivity index (χ0) is 17.7. The standard InChI is InChI=1S/C21H18N2O2S/c24-21(25)17-9-8-14(15-4-1-2-5-16(15)17)13-7-10-18-19(12-13)26-22-20-6-3-11-23(18)20/h1-2,4-5,7-10,12,20,22H,3,6,11H2,(H,24,25). The molecule has 0 radical (unpaired) electrons. The smallest absolute Gasteiger partial charge is 0.336 e. The number of nitrogens with zero attached hydrogens (tertiary/aromatic N) is 1. The summed E-state index contributed by atoms with van der Waals surface area (Å²) < 4.78 is 3.54. The van der Waals surface area contributed by atoms with Crippen LogP contribution in [0, 0.1) is 0 Å². The average molecular weight is 362 g/mol. The van der Waals surface area contributed by atoms with Crippen molar-refractivity contribution in [3.63, 3.8) is 0 Å². The normalized spacial score (nSPS) is 18.6. The lowest BCUT2D eigenvalue weighted by molar-refractivity contribution is 0.0699. The number of hydrogen-bond acceptors (Lipinski definition) is 4. The molecule has 2 N–H and O–H groups in total. The quantitative estimate of drug-likeness (QED) is 0.645. The predicted molar refractivity (Wildman–Crippen MR) is 106 cm³/mol. The monoisotopic (exact) mass is 362 g/mol. The van der Waals surface area contributed by atoms with Crippen LogP contribution in [0.2, 0.25) is 0 Å². The highest BCUT2D eigenvalue weighted by molar-refractivity contribution is 7.97. The van der Waals surface area contributed by atoms with Crippen LogP contribution in [0.15, 0.2) is 59.5 Å². The molecule has 1 fully saturated rings. The van der Waals surface area contributed by atoms with Crippen molar-refractivity contribution >= 4 is 34.4 Å². The van der Waals surface area contributed by atoms with Crippen LogP contribution in [0.4, 0.5) is 5.69 Å². The Morgan fingerprint density at radius 2 is 1.96 bits per heavy atom. The van der Waals surface area contributed by atoms with Crippen LogP contribution in [0.1, 0.15) is 23.2 Å². The molecule has 2 aliphatic heterocycles. The summed E-state index contributed by atoms with van der Waals surface area (Å²) in [6.45, 7) is 1.10. The Balaban J connectivity index is 1.65. The van der Waals surface area contributed by atoms with Gasteiger partial charge in [0.25, 0.3) is 0 Å². The molecule has 0 bridgehead atoms. The van der Waals surface area contributed by atoms with Gasteiger partial charge in [0.15, 0.2) is 0 Å². The molecule has 0 aromatic heterocycles. The molecule has 5 heteroatoms. The van der Waals surface area contributed by atoms with E-state index in [-0.39, 0.29) is 0 Å². The van der Waals surface area contributed by atoms with Crippen molar-refractivity contribution in [2.45, 2.75) is 23.9 Å². The molecule has 1 saturated heterocycles. The van der Waals surface area contributed by atoms with E-state index in [1.807, 2.05) is 30.3 Å². The fraction of sp³-hybridized carbons (Fsp3) is 0.190. The number of carbonyl (C=O) groups is 1. The van der Waals surface area contributed by atoms with Crippen LogP contribution < -0.4 is 9.62 Å². The van der Waals surface area contributed by atoms with Gasteiger partial charge in [-0.25, -0.2) is 9.52 Å². The minimum Gasteiger partial charge on any atom is -0.478 e. The minimum absolute atomic E-state index is 0.346. The van der Waals surface area contributed by atoms with Gasteiger partial charge in [-0.1, -0.05) is 36.4 Å². The van der Waals surface area contributed by atoms with E-state index in [0.29, 0.717) is 11.7 Å². The summed E-state index contributed by atoms with van der Waals surface area (Å²) in [6.07, 6.45) is 2.85. The SMILES string of the molecule is O=C(O)c1ccc(-c2ccc3c(c2)SNC2CCCN32)c2ccccc12. The van der Waals surface area contributed by atoms with E-state index >= 15 is 0 Å². The topological polar surface area (TPSA) is 52.6 Å². The van der Waals surface area contributed by atoms with Gasteiger partial charge in [0.2, 0.25) is 0 Å². The maximum Gasteiger partial charge on any atom is 0.336 e. The van der Waals surface area contributed by atoms with Gasteiger partial charge in [-0.05, 0) is 64.9 Å². The summed E-state index contributed by atoms with van der Waals surface area (Å²) in [6, 6.07) is 17.9. The molecule has 4 nitrogen and oxygen atoms in total. The third-order valence-corrected chi connectivity index (χ3v) is 6.23. The highest BCUT2D eigenvalue weighted by atomic mass is 32.2. The number of rotatable bonds is 2. The van der Waals surface area contributed by atoms with Gasteiger partial charge in [-0.3, -0.25) is 0 Å². The second-order valence-electron chi connectivity index (χ2n) is 6.77. The van der Waals surface area contributed by atoms with E-state index in [9.17, 15) is 9.90 Å². The van der Waals surface area contributed by atoms with Crippen LogP contribution in [0.5, 0.6) is 0 Å². The van der Waals surface area contributed by atoms with Crippen molar-refractivity contribution in [3.05, 3.63) is 60.2 Å². The van der Waals surface area contributed by atoms with E-state index in [2.05, 4.69) is 27.8 Å². The lowest BCUT2D eigenvalue weighted by Crippen LogP contribution is -2.41. The Kier molecular flexibility index (Phi) is 3.65. The van der Waals surface area contributed by atoms with Crippen molar-refractivity contribution in [1.29, 1.82) is 0 Å². The Labute approximate surface area is 156 Å². The second kappa shape index (κ2) is 6.04. The maximum absolute atomic E-state index is 11.5. The number of hydrogen-bond donors (Lipinski definition) is 2. The Morgan fingerprint density at radius 1 is 1.12 bits per heavy atom. The molecule has 1 atom stereocenters. The van der Waals surface area contributed by atoms with Gasteiger partial charge in [0, 0.05) is 11.4 Å². The van der Waals surface area contributed by atoms with Gasteiger partial charge < -0.3 is 10.0 Å². The molecule has 5 rings (SSSR count). The molecular formula is C21H18N2O2S. The van der Waals surface area contributed by atoms with Crippen LogP contribution in [0.25, 0.3) is 21.9 Å². The van der Waals surface area contributed by atoms with Crippen molar-refractivity contribution < 1.29 is 9.90 Å². The summed E-state index contributed by atoms with van der Waals surface area (Å²) in [7, 11) is 0. The number of nitrogens with one attached hydrogen (secondary N) is 1. The van der Waals surface area contributed by atoms with Gasteiger partial charge in [-0.15, -0.1) is 0 Å². The highest BCUT2D eigenvalue weighted by Crippen LogP contribution is 2.41. The van der Waals surface area contributed by atoms with Gasteiger partial charge in [0.1, 0.15) is 0 Å². The van der Waals surface area contributed by atoms with E-state index in [1.165, 1.54) is 23.4 Å². The maximum atomic E-state index is 11.5. The summed E-state index contributed by atoms with van der Waals surface area (Å²) in [5.41, 5.74) is 3.83. The summed E-state index contributed by atoms with van der Waals surface area (Å²) >= 11 is 1.70. The van der Waals surface area contributed by atoms with E-state index in [4.69, 9.17) is 0 Å². The van der Waals surface area contributed by atoms with Crippen LogP contribution in [-0.2, 0) is 0 Å². The summed E-state index contributed by atoms with van der Waals surface area (Å²) in [5.74, 6) is -0.891. The highest BCUT2D eigenvalue weighted by Gasteiger charge is 2.30. The summed E-state index contributed by atoms with van der Waals surface area (Å²) in [5, 5.41) is 11.2. The minimum atomic E-state index is -0.891. The third-order valence-electron chi connectivity index (χ3n) is 5.29. The van der Waals surface area contributed by atoms with Gasteiger partial charge >= 0.3 is 5.97 Å². The van der Waals surface area contributed by atoms with Crippen LogP contribution in [-0.4, -0.2) is 23.8 Å². The molecule has 3 aromatic rings. The number of carboxylic acids is 1. The average Bonchev–Trinajstić information content (AvgIpc) is 3.15. The van der Waals surface area contributed by atoms with Crippen molar-refractivity contribution in [3.8, 4) is 11.1 Å². The fourth-order valence-electron chi connectivity index (χ4n) is 4.05. The molecule has 0 saturated carbocycles. The predicted octanol–water partition coefficient (Wildman–Crippen LogP) is 4.74. The molecule has 2 heterocycles. The first kappa shape index (κ1) is 15.7. The number of fused-ring (bicyclic) bond motifs is 4. The number of aromatic carboxylic acids is 1. The Bertz CT molecular complexity index is 1030. The first-order valence-corrected chi connectivity index (χ1v) is 9.62. The second-order valence-corrected chi connectivity index (χ2v) is 7.64. The largest absolute Gasteiger partial charge is 0.478 e. The lowest BCUT2D eigenvalue weighted by atomic mass is 9.95. The molecular weight excluding hydrogens is 344 g/mol. The van der Waals surface area contributed by atoms with Crippen molar-refractivity contribution in [2.24, 2.45) is 0 Å². The number of benzene rings is 3. The van der Waals surface area contributed by atoms with Gasteiger partial charge in [-0.2, -0.15) is 0 Å². The molecule has 0 aliphatic carbocycles.